The molecule has 2 aromatic carbocycles. The van der Waals surface area contributed by atoms with Crippen LogP contribution in [0.15, 0.2) is 46.0 Å². The lowest BCUT2D eigenvalue weighted by molar-refractivity contribution is 0.322. The molecule has 84 valence electrons. The molecular formula is C13H14BrNO. The van der Waals surface area contributed by atoms with Crippen molar-refractivity contribution >= 4 is 32.9 Å². The summed E-state index contributed by atoms with van der Waals surface area (Å²) >= 11 is 3.48. The minimum absolute atomic E-state index is 0.909. The van der Waals surface area contributed by atoms with Crippen LogP contribution in [0.25, 0.3) is 10.8 Å². The Labute approximate surface area is 104 Å². The lowest BCUT2D eigenvalue weighted by Gasteiger charge is -2.02. The molecule has 0 aromatic heterocycles. The van der Waals surface area contributed by atoms with Crippen molar-refractivity contribution in [2.45, 2.75) is 13.8 Å². The zero-order valence-electron chi connectivity index (χ0n) is 9.31. The normalized spacial score (nSPS) is 10.2. The zero-order chi connectivity index (χ0) is 12.0. The number of nitrogens with zero attached hydrogens (tertiary/aromatic N) is 1. The van der Waals surface area contributed by atoms with Crippen molar-refractivity contribution in [3.63, 3.8) is 0 Å². The SMILES string of the molecule is CC.O/N=C/c1ccc(Br)c2ccccc12. The second-order valence-corrected chi connectivity index (χ2v) is 3.78. The van der Waals surface area contributed by atoms with Gasteiger partial charge in [-0.05, 0) is 16.8 Å². The van der Waals surface area contributed by atoms with E-state index < -0.39 is 0 Å². The first-order valence-electron chi connectivity index (χ1n) is 5.17. The van der Waals surface area contributed by atoms with Gasteiger partial charge in [-0.2, -0.15) is 0 Å². The summed E-state index contributed by atoms with van der Waals surface area (Å²) < 4.78 is 1.04. The number of benzene rings is 2. The summed E-state index contributed by atoms with van der Waals surface area (Å²) in [6.45, 7) is 4.00. The lowest BCUT2D eigenvalue weighted by Crippen LogP contribution is -1.84. The molecular weight excluding hydrogens is 266 g/mol. The summed E-state index contributed by atoms with van der Waals surface area (Å²) in [4.78, 5) is 0. The van der Waals surface area contributed by atoms with Gasteiger partial charge in [-0.25, -0.2) is 0 Å². The molecule has 3 heteroatoms. The molecule has 0 heterocycles. The van der Waals surface area contributed by atoms with Crippen LogP contribution in [0, 0.1) is 0 Å². The topological polar surface area (TPSA) is 32.6 Å². The van der Waals surface area contributed by atoms with Crippen molar-refractivity contribution in [1.29, 1.82) is 0 Å². The molecule has 0 atom stereocenters. The highest BCUT2D eigenvalue weighted by atomic mass is 79.9. The van der Waals surface area contributed by atoms with Gasteiger partial charge in [0.05, 0.1) is 6.21 Å². The fraction of sp³-hybridized carbons (Fsp3) is 0.154. The van der Waals surface area contributed by atoms with Gasteiger partial charge >= 0.3 is 0 Å². The molecule has 2 nitrogen and oxygen atoms in total. The fourth-order valence-electron chi connectivity index (χ4n) is 1.46. The smallest absolute Gasteiger partial charge is 0.0740 e. The number of oxime groups is 1. The molecule has 1 N–H and O–H groups in total. The third-order valence-electron chi connectivity index (χ3n) is 2.10. The summed E-state index contributed by atoms with van der Waals surface area (Å²) in [5, 5.41) is 13.7. The third-order valence-corrected chi connectivity index (χ3v) is 2.79. The van der Waals surface area contributed by atoms with Gasteiger partial charge in [-0.3, -0.25) is 0 Å². The molecule has 0 bridgehead atoms. The maximum atomic E-state index is 8.51. The average molecular weight is 280 g/mol. The van der Waals surface area contributed by atoms with Crippen LogP contribution in [0.4, 0.5) is 0 Å². The second-order valence-electron chi connectivity index (χ2n) is 2.93. The van der Waals surface area contributed by atoms with E-state index in [1.54, 1.807) is 0 Å². The fourth-order valence-corrected chi connectivity index (χ4v) is 1.94. The van der Waals surface area contributed by atoms with E-state index in [0.29, 0.717) is 0 Å². The Morgan fingerprint density at radius 3 is 2.31 bits per heavy atom. The van der Waals surface area contributed by atoms with Gasteiger partial charge in [0.15, 0.2) is 0 Å². The highest BCUT2D eigenvalue weighted by molar-refractivity contribution is 9.10. The maximum Gasteiger partial charge on any atom is 0.0740 e. The summed E-state index contributed by atoms with van der Waals surface area (Å²) in [5.41, 5.74) is 0.909. The van der Waals surface area contributed by atoms with Gasteiger partial charge in [0.25, 0.3) is 0 Å². The first-order chi connectivity index (χ1) is 7.83. The molecule has 0 saturated heterocycles. The van der Waals surface area contributed by atoms with Gasteiger partial charge < -0.3 is 5.21 Å². The van der Waals surface area contributed by atoms with E-state index in [2.05, 4.69) is 21.1 Å². The molecule has 0 unspecified atom stereocenters. The molecule has 0 radical (unpaired) electrons. The van der Waals surface area contributed by atoms with E-state index in [4.69, 9.17) is 5.21 Å². The minimum atomic E-state index is 0.909. The van der Waals surface area contributed by atoms with Gasteiger partial charge in [-0.1, -0.05) is 65.3 Å². The molecule has 0 aliphatic carbocycles. The zero-order valence-corrected chi connectivity index (χ0v) is 10.9. The van der Waals surface area contributed by atoms with Gasteiger partial charge in [-0.15, -0.1) is 0 Å². The highest BCUT2D eigenvalue weighted by Crippen LogP contribution is 2.25. The largest absolute Gasteiger partial charge is 0.411 e. The standard InChI is InChI=1S/C11H8BrNO.C2H6/c12-11-6-5-8(7-13-14)9-3-1-2-4-10(9)11;1-2/h1-7,14H;1-2H3/b13-7+;. The molecule has 0 spiro atoms. The average Bonchev–Trinajstić information content (AvgIpc) is 2.36. The van der Waals surface area contributed by atoms with Crippen LogP contribution in [0.5, 0.6) is 0 Å². The van der Waals surface area contributed by atoms with Crippen LogP contribution in [-0.2, 0) is 0 Å². The van der Waals surface area contributed by atoms with Crippen LogP contribution < -0.4 is 0 Å². The molecule has 2 rings (SSSR count). The van der Waals surface area contributed by atoms with E-state index in [9.17, 15) is 0 Å². The summed E-state index contributed by atoms with van der Waals surface area (Å²) in [6, 6.07) is 11.8. The Hall–Kier alpha value is -1.35. The number of hydrogen-bond donors (Lipinski definition) is 1. The van der Waals surface area contributed by atoms with Crippen molar-refractivity contribution in [1.82, 2.24) is 0 Å². The molecule has 0 aliphatic heterocycles. The van der Waals surface area contributed by atoms with E-state index in [-0.39, 0.29) is 0 Å². The summed E-state index contributed by atoms with van der Waals surface area (Å²) in [6.07, 6.45) is 1.44. The van der Waals surface area contributed by atoms with Crippen LogP contribution in [-0.4, -0.2) is 11.4 Å². The number of rotatable bonds is 1. The molecule has 16 heavy (non-hydrogen) atoms. The highest BCUT2D eigenvalue weighted by Gasteiger charge is 2.01. The predicted molar refractivity (Wildman–Crippen MR) is 72.4 cm³/mol. The quantitative estimate of drug-likeness (QED) is 0.467. The van der Waals surface area contributed by atoms with Gasteiger partial charge in [0.1, 0.15) is 0 Å². The van der Waals surface area contributed by atoms with E-state index in [0.717, 1.165) is 20.8 Å². The maximum absolute atomic E-state index is 8.51. The van der Waals surface area contributed by atoms with Gasteiger partial charge in [0, 0.05) is 10.0 Å². The van der Waals surface area contributed by atoms with Crippen LogP contribution in [0.3, 0.4) is 0 Å². The Balaban J connectivity index is 0.000000606. The van der Waals surface area contributed by atoms with Crippen molar-refractivity contribution < 1.29 is 5.21 Å². The van der Waals surface area contributed by atoms with E-state index >= 15 is 0 Å². The Bertz CT molecular complexity index is 494. The van der Waals surface area contributed by atoms with Crippen molar-refractivity contribution in [2.24, 2.45) is 5.16 Å². The Morgan fingerprint density at radius 1 is 1.06 bits per heavy atom. The minimum Gasteiger partial charge on any atom is -0.411 e. The van der Waals surface area contributed by atoms with E-state index in [1.165, 1.54) is 6.21 Å². The molecule has 2 aromatic rings. The third kappa shape index (κ3) is 2.61. The predicted octanol–water partition coefficient (Wildman–Crippen LogP) is 4.44. The molecule has 0 fully saturated rings. The Morgan fingerprint density at radius 2 is 1.69 bits per heavy atom. The van der Waals surface area contributed by atoms with Crippen LogP contribution in [0.1, 0.15) is 19.4 Å². The number of fused-ring (bicyclic) bond motifs is 1. The van der Waals surface area contributed by atoms with Crippen LogP contribution >= 0.6 is 15.9 Å². The first kappa shape index (κ1) is 12.7. The molecule has 0 amide bonds. The van der Waals surface area contributed by atoms with Crippen molar-refractivity contribution in [3.8, 4) is 0 Å². The second kappa shape index (κ2) is 6.28. The first-order valence-corrected chi connectivity index (χ1v) is 5.97. The van der Waals surface area contributed by atoms with E-state index in [1.807, 2.05) is 50.2 Å². The van der Waals surface area contributed by atoms with Gasteiger partial charge in [0.2, 0.25) is 0 Å². The molecule has 0 saturated carbocycles. The number of halogens is 1. The van der Waals surface area contributed by atoms with Crippen LogP contribution in [0.2, 0.25) is 0 Å². The Kier molecular flexibility index (Phi) is 4.99. The molecule has 0 aliphatic rings. The lowest BCUT2D eigenvalue weighted by atomic mass is 10.1. The monoisotopic (exact) mass is 279 g/mol. The number of hydrogen-bond acceptors (Lipinski definition) is 2. The summed E-state index contributed by atoms with van der Waals surface area (Å²) in [5.74, 6) is 0. The van der Waals surface area contributed by atoms with Crippen molar-refractivity contribution in [3.05, 3.63) is 46.4 Å². The van der Waals surface area contributed by atoms with Crippen molar-refractivity contribution in [2.75, 3.05) is 0 Å². The summed E-state index contributed by atoms with van der Waals surface area (Å²) in [7, 11) is 0.